The van der Waals surface area contributed by atoms with Gasteiger partial charge in [0.25, 0.3) is 0 Å². The number of carbonyl (C=O) groups excluding carboxylic acids is 2. The molecule has 48 heavy (non-hydrogen) atoms. The van der Waals surface area contributed by atoms with Gasteiger partial charge in [0.1, 0.15) is 18.0 Å². The number of aryl methyl sites for hydroxylation is 3. The Morgan fingerprint density at radius 2 is 1.60 bits per heavy atom. The van der Waals surface area contributed by atoms with E-state index in [9.17, 15) is 14.7 Å². The van der Waals surface area contributed by atoms with Crippen molar-refractivity contribution in [2.24, 2.45) is 23.2 Å². The first-order chi connectivity index (χ1) is 23.0. The molecule has 260 valence electrons. The van der Waals surface area contributed by atoms with Gasteiger partial charge in [-0.3, -0.25) is 4.79 Å². The highest BCUT2D eigenvalue weighted by atomic mass is 16.6. The summed E-state index contributed by atoms with van der Waals surface area (Å²) in [5.74, 6) is 1.72. The van der Waals surface area contributed by atoms with Gasteiger partial charge < -0.3 is 19.0 Å². The Balaban J connectivity index is 1.24. The van der Waals surface area contributed by atoms with Crippen LogP contribution in [-0.2, 0) is 38.3 Å². The number of esters is 2. The predicted octanol–water partition coefficient (Wildman–Crippen LogP) is 9.27. The van der Waals surface area contributed by atoms with Gasteiger partial charge in [-0.15, -0.1) is 0 Å². The summed E-state index contributed by atoms with van der Waals surface area (Å²) in [6.45, 7) is 10.5. The van der Waals surface area contributed by atoms with Crippen LogP contribution in [0.4, 0.5) is 0 Å². The third-order valence-electron chi connectivity index (χ3n) is 10.4. The van der Waals surface area contributed by atoms with Crippen molar-refractivity contribution in [3.05, 3.63) is 82.6 Å². The largest absolute Gasteiger partial charge is 0.461 e. The molecule has 2 aromatic carbocycles. The molecule has 3 aromatic rings. The van der Waals surface area contributed by atoms with Gasteiger partial charge in [-0.2, -0.15) is 0 Å². The van der Waals surface area contributed by atoms with Crippen LogP contribution in [-0.4, -0.2) is 35.9 Å². The number of benzene rings is 2. The van der Waals surface area contributed by atoms with E-state index < -0.39 is 23.6 Å². The van der Waals surface area contributed by atoms with Crippen LogP contribution in [0.2, 0.25) is 0 Å². The summed E-state index contributed by atoms with van der Waals surface area (Å²) in [6.07, 6.45) is 12.0. The second-order valence-corrected chi connectivity index (χ2v) is 15.7. The molecule has 0 amide bonds. The van der Waals surface area contributed by atoms with Crippen LogP contribution < -0.4 is 0 Å². The van der Waals surface area contributed by atoms with E-state index in [1.54, 1.807) is 0 Å². The second kappa shape index (κ2) is 15.9. The number of furan rings is 1. The number of fused-ring (bicyclic) bond motifs is 1. The summed E-state index contributed by atoms with van der Waals surface area (Å²) in [4.78, 5) is 26.9. The van der Waals surface area contributed by atoms with E-state index in [0.29, 0.717) is 29.7 Å². The summed E-state index contributed by atoms with van der Waals surface area (Å²) >= 11 is 0. The summed E-state index contributed by atoms with van der Waals surface area (Å²) < 4.78 is 18.0. The first kappa shape index (κ1) is 35.9. The Morgan fingerprint density at radius 3 is 2.27 bits per heavy atom. The summed E-state index contributed by atoms with van der Waals surface area (Å²) in [7, 11) is 0. The highest BCUT2D eigenvalue weighted by Gasteiger charge is 2.47. The predicted molar refractivity (Wildman–Crippen MR) is 191 cm³/mol. The van der Waals surface area contributed by atoms with Gasteiger partial charge in [0.2, 0.25) is 0 Å². The van der Waals surface area contributed by atoms with Crippen LogP contribution >= 0.6 is 0 Å². The lowest BCUT2D eigenvalue weighted by molar-refractivity contribution is -0.174. The Labute approximate surface area is 287 Å². The Bertz CT molecular complexity index is 1540. The minimum atomic E-state index is -1.24. The van der Waals surface area contributed by atoms with Gasteiger partial charge in [0.05, 0.1) is 12.0 Å². The van der Waals surface area contributed by atoms with Crippen molar-refractivity contribution in [1.82, 2.24) is 0 Å². The maximum atomic E-state index is 13.9. The third kappa shape index (κ3) is 9.19. The SMILES string of the molecule is Cc1ccc(CCc2ccc3oc(CC4(C(=O)OC[C@]5(CO)C/C(=C\CC(CC(C)C)CC(C)C)C(=O)O5)CCCCC4)cc3c2)cc1. The molecule has 1 N–H and O–H groups in total. The lowest BCUT2D eigenvalue weighted by atomic mass is 9.71. The molecular formula is C42H56O6. The summed E-state index contributed by atoms with van der Waals surface area (Å²) in [5.41, 5.74) is 3.30. The molecule has 1 atom stereocenters. The van der Waals surface area contributed by atoms with Crippen LogP contribution in [0.25, 0.3) is 11.0 Å². The van der Waals surface area contributed by atoms with Gasteiger partial charge in [-0.1, -0.05) is 88.9 Å². The fraction of sp³-hybridized carbons (Fsp3) is 0.571. The highest BCUT2D eigenvalue weighted by molar-refractivity contribution is 5.91. The van der Waals surface area contributed by atoms with Gasteiger partial charge in [0, 0.05) is 23.8 Å². The fourth-order valence-corrected chi connectivity index (χ4v) is 7.82. The zero-order chi connectivity index (χ0) is 34.3. The van der Waals surface area contributed by atoms with Crippen molar-refractivity contribution in [3.8, 4) is 0 Å². The van der Waals surface area contributed by atoms with Crippen LogP contribution in [0.5, 0.6) is 0 Å². The average Bonchev–Trinajstić information content (AvgIpc) is 3.61. The lowest BCUT2D eigenvalue weighted by Gasteiger charge is -2.35. The minimum absolute atomic E-state index is 0.154. The van der Waals surface area contributed by atoms with E-state index in [2.05, 4.69) is 77.1 Å². The first-order valence-corrected chi connectivity index (χ1v) is 18.3. The van der Waals surface area contributed by atoms with E-state index in [1.165, 1.54) is 16.7 Å². The van der Waals surface area contributed by atoms with Gasteiger partial charge in [0.15, 0.2) is 5.60 Å². The number of hydrogen-bond donors (Lipinski definition) is 1. The highest BCUT2D eigenvalue weighted by Crippen LogP contribution is 2.42. The van der Waals surface area contributed by atoms with E-state index in [4.69, 9.17) is 13.9 Å². The number of hydrogen-bond acceptors (Lipinski definition) is 6. The normalized spacial score (nSPS) is 20.4. The molecular weight excluding hydrogens is 600 g/mol. The number of cyclic esters (lactones) is 1. The van der Waals surface area contributed by atoms with Gasteiger partial charge >= 0.3 is 11.9 Å². The zero-order valence-corrected chi connectivity index (χ0v) is 29.8. The number of aliphatic hydroxyl groups is 1. The first-order valence-electron chi connectivity index (χ1n) is 18.3. The van der Waals surface area contributed by atoms with E-state index in [1.807, 2.05) is 12.1 Å². The van der Waals surface area contributed by atoms with E-state index >= 15 is 0 Å². The molecule has 1 aliphatic heterocycles. The topological polar surface area (TPSA) is 86.0 Å². The molecule has 0 radical (unpaired) electrons. The molecule has 2 fully saturated rings. The summed E-state index contributed by atoms with van der Waals surface area (Å²) in [5, 5.41) is 11.4. The molecule has 1 saturated carbocycles. The quantitative estimate of drug-likeness (QED) is 0.130. The van der Waals surface area contributed by atoms with Gasteiger partial charge in [-0.05, 0) is 98.9 Å². The summed E-state index contributed by atoms with van der Waals surface area (Å²) in [6, 6.07) is 17.1. The molecule has 6 nitrogen and oxygen atoms in total. The average molecular weight is 657 g/mol. The Morgan fingerprint density at radius 1 is 0.938 bits per heavy atom. The maximum absolute atomic E-state index is 13.9. The van der Waals surface area contributed by atoms with Crippen molar-refractivity contribution >= 4 is 22.9 Å². The molecule has 0 spiro atoms. The van der Waals surface area contributed by atoms with Crippen LogP contribution in [0.1, 0.15) is 108 Å². The molecule has 2 heterocycles. The Kier molecular flexibility index (Phi) is 11.9. The smallest absolute Gasteiger partial charge is 0.334 e. The molecule has 2 aliphatic rings. The number of rotatable bonds is 15. The molecule has 1 aliphatic carbocycles. The lowest BCUT2D eigenvalue weighted by Crippen LogP contribution is -2.43. The zero-order valence-electron chi connectivity index (χ0n) is 29.8. The number of aliphatic hydroxyl groups excluding tert-OH is 1. The van der Waals surface area contributed by atoms with Crippen LogP contribution in [0.15, 0.2) is 64.6 Å². The second-order valence-electron chi connectivity index (χ2n) is 15.7. The fourth-order valence-electron chi connectivity index (χ4n) is 7.82. The van der Waals surface area contributed by atoms with Crippen molar-refractivity contribution in [2.75, 3.05) is 13.2 Å². The standard InChI is InChI=1S/C42H56O6/c1-29(2)21-34(22-30(3)4)15-17-35-25-42(27-43,48-39(35)44)28-46-40(45)41(19-7-6-8-20-41)26-37-24-36-23-33(16-18-38(36)47-37)14-13-32-11-9-31(5)10-12-32/h9-12,16-18,23-24,29-30,34,43H,6-8,13-15,19-22,25-28H2,1-5H3/b35-17+/t42-/m1/s1. The molecule has 0 bridgehead atoms. The Hall–Kier alpha value is -3.38. The maximum Gasteiger partial charge on any atom is 0.334 e. The van der Waals surface area contributed by atoms with Gasteiger partial charge in [-0.25, -0.2) is 4.79 Å². The number of carbonyl (C=O) groups is 2. The molecule has 0 unspecified atom stereocenters. The van der Waals surface area contributed by atoms with Crippen molar-refractivity contribution in [3.63, 3.8) is 0 Å². The minimum Gasteiger partial charge on any atom is -0.461 e. The van der Waals surface area contributed by atoms with Crippen LogP contribution in [0.3, 0.4) is 0 Å². The van der Waals surface area contributed by atoms with E-state index in [-0.39, 0.29) is 19.0 Å². The molecule has 1 aromatic heterocycles. The molecule has 5 rings (SSSR count). The van der Waals surface area contributed by atoms with E-state index in [0.717, 1.165) is 80.9 Å². The van der Waals surface area contributed by atoms with Crippen LogP contribution in [0, 0.1) is 30.1 Å². The van der Waals surface area contributed by atoms with Crippen molar-refractivity contribution < 1.29 is 28.6 Å². The third-order valence-corrected chi connectivity index (χ3v) is 10.4. The molecule has 6 heteroatoms. The number of ether oxygens (including phenoxy) is 2. The van der Waals surface area contributed by atoms with Crippen molar-refractivity contribution in [2.45, 2.75) is 117 Å². The number of allylic oxidation sites excluding steroid dienone is 1. The monoisotopic (exact) mass is 656 g/mol. The van der Waals surface area contributed by atoms with Crippen molar-refractivity contribution in [1.29, 1.82) is 0 Å². The molecule has 1 saturated heterocycles.